The Morgan fingerprint density at radius 3 is 2.73 bits per heavy atom. The molecular weight excluding hydrogens is 209 g/mol. The number of pyridine rings is 1. The van der Waals surface area contributed by atoms with Gasteiger partial charge in [0.2, 0.25) is 5.95 Å². The molecule has 1 aromatic heterocycles. The smallest absolute Gasteiger partial charge is 0.214 e. The van der Waals surface area contributed by atoms with E-state index in [9.17, 15) is 4.39 Å². The van der Waals surface area contributed by atoms with Gasteiger partial charge in [-0.3, -0.25) is 0 Å². The summed E-state index contributed by atoms with van der Waals surface area (Å²) < 4.78 is 13.5. The highest BCUT2D eigenvalue weighted by atomic mass is 79.9. The average molecular weight is 216 g/mol. The predicted octanol–water partition coefficient (Wildman–Crippen LogP) is 2.86. The van der Waals surface area contributed by atoms with E-state index in [0.717, 1.165) is 23.0 Å². The van der Waals surface area contributed by atoms with Crippen LogP contribution < -0.4 is 0 Å². The molecule has 1 aliphatic rings. The minimum atomic E-state index is -0.388. The number of hydrogen-bond donors (Lipinski definition) is 0. The van der Waals surface area contributed by atoms with Gasteiger partial charge in [-0.25, -0.2) is 4.98 Å². The fourth-order valence-electron chi connectivity index (χ4n) is 1.07. The third-order valence-corrected chi connectivity index (χ3v) is 2.23. The van der Waals surface area contributed by atoms with Crippen molar-refractivity contribution in [2.24, 2.45) is 0 Å². The summed E-state index contributed by atoms with van der Waals surface area (Å²) in [5, 5.41) is 0. The van der Waals surface area contributed by atoms with Gasteiger partial charge in [-0.15, -0.1) is 0 Å². The lowest BCUT2D eigenvalue weighted by Crippen LogP contribution is -1.89. The van der Waals surface area contributed by atoms with Gasteiger partial charge in [0.25, 0.3) is 0 Å². The van der Waals surface area contributed by atoms with E-state index in [-0.39, 0.29) is 5.95 Å². The van der Waals surface area contributed by atoms with Crippen LogP contribution in [0, 0.1) is 5.95 Å². The Morgan fingerprint density at radius 2 is 2.18 bits per heavy atom. The van der Waals surface area contributed by atoms with E-state index in [4.69, 9.17) is 0 Å². The summed E-state index contributed by atoms with van der Waals surface area (Å²) in [6, 6.07) is 3.27. The molecule has 1 heterocycles. The summed E-state index contributed by atoms with van der Waals surface area (Å²) in [6.45, 7) is 0. The van der Waals surface area contributed by atoms with Crippen LogP contribution in [0.1, 0.15) is 24.5 Å². The molecule has 1 aromatic rings. The number of halogens is 2. The van der Waals surface area contributed by atoms with Crippen LogP contribution in [0.3, 0.4) is 0 Å². The second-order valence-electron chi connectivity index (χ2n) is 2.81. The van der Waals surface area contributed by atoms with Crippen LogP contribution >= 0.6 is 15.9 Å². The molecule has 0 spiro atoms. The van der Waals surface area contributed by atoms with Crippen LogP contribution in [0.4, 0.5) is 4.39 Å². The number of hydrogen-bond acceptors (Lipinski definition) is 1. The second kappa shape index (κ2) is 2.55. The van der Waals surface area contributed by atoms with E-state index in [0.29, 0.717) is 5.92 Å². The fourth-order valence-corrected chi connectivity index (χ4v) is 1.50. The van der Waals surface area contributed by atoms with Crippen LogP contribution in [-0.2, 0) is 0 Å². The van der Waals surface area contributed by atoms with Crippen molar-refractivity contribution in [1.82, 2.24) is 4.98 Å². The lowest BCUT2D eigenvalue weighted by molar-refractivity contribution is 0.576. The molecule has 1 saturated carbocycles. The Balaban J connectivity index is 2.39. The Labute approximate surface area is 72.8 Å². The van der Waals surface area contributed by atoms with Crippen molar-refractivity contribution in [3.8, 4) is 0 Å². The quantitative estimate of drug-likeness (QED) is 0.657. The van der Waals surface area contributed by atoms with E-state index in [1.54, 1.807) is 0 Å². The molecule has 2 rings (SSSR count). The number of rotatable bonds is 1. The molecule has 1 aliphatic carbocycles. The lowest BCUT2D eigenvalue weighted by Gasteiger charge is -1.97. The van der Waals surface area contributed by atoms with Gasteiger partial charge in [0.05, 0.1) is 0 Å². The molecule has 3 heteroatoms. The first kappa shape index (κ1) is 7.22. The van der Waals surface area contributed by atoms with Gasteiger partial charge >= 0.3 is 0 Å². The molecule has 0 aliphatic heterocycles. The summed E-state index contributed by atoms with van der Waals surface area (Å²) in [6.07, 6.45) is 2.31. The Morgan fingerprint density at radius 1 is 1.45 bits per heavy atom. The minimum absolute atomic E-state index is 0.388. The molecule has 0 radical (unpaired) electrons. The molecule has 0 unspecified atom stereocenters. The van der Waals surface area contributed by atoms with Crippen LogP contribution in [0.25, 0.3) is 0 Å². The molecule has 1 nitrogen and oxygen atoms in total. The normalized spacial score (nSPS) is 16.9. The van der Waals surface area contributed by atoms with Crippen molar-refractivity contribution in [1.29, 1.82) is 0 Å². The highest BCUT2D eigenvalue weighted by Gasteiger charge is 2.25. The summed E-state index contributed by atoms with van der Waals surface area (Å²) >= 11 is 3.23. The lowest BCUT2D eigenvalue weighted by atomic mass is 10.2. The minimum Gasteiger partial charge on any atom is -0.224 e. The molecule has 58 valence electrons. The molecule has 0 N–H and O–H groups in total. The maximum absolute atomic E-state index is 12.7. The van der Waals surface area contributed by atoms with E-state index < -0.39 is 0 Å². The second-order valence-corrected chi connectivity index (χ2v) is 3.72. The highest BCUT2D eigenvalue weighted by molar-refractivity contribution is 9.10. The van der Waals surface area contributed by atoms with Gasteiger partial charge < -0.3 is 0 Å². The van der Waals surface area contributed by atoms with Crippen LogP contribution in [0.2, 0.25) is 0 Å². The molecule has 0 atom stereocenters. The average Bonchev–Trinajstić information content (AvgIpc) is 2.64. The van der Waals surface area contributed by atoms with Crippen molar-refractivity contribution >= 4 is 15.9 Å². The Kier molecular flexibility index (Phi) is 1.68. The van der Waals surface area contributed by atoms with Crippen molar-refractivity contribution in [2.75, 3.05) is 0 Å². The van der Waals surface area contributed by atoms with E-state index in [2.05, 4.69) is 20.9 Å². The topological polar surface area (TPSA) is 12.9 Å². The van der Waals surface area contributed by atoms with Gasteiger partial charge in [-0.2, -0.15) is 4.39 Å². The Hall–Kier alpha value is -0.440. The van der Waals surface area contributed by atoms with Crippen molar-refractivity contribution in [3.05, 3.63) is 28.2 Å². The molecule has 11 heavy (non-hydrogen) atoms. The molecular formula is C8H7BrFN. The zero-order valence-corrected chi connectivity index (χ0v) is 7.44. The van der Waals surface area contributed by atoms with Crippen LogP contribution in [0.5, 0.6) is 0 Å². The molecule has 0 amide bonds. The summed E-state index contributed by atoms with van der Waals surface area (Å²) in [7, 11) is 0. The molecule has 1 fully saturated rings. The first-order valence-corrected chi connectivity index (χ1v) is 4.38. The van der Waals surface area contributed by atoms with E-state index >= 15 is 0 Å². The number of aromatic nitrogens is 1. The fraction of sp³-hybridized carbons (Fsp3) is 0.375. The maximum atomic E-state index is 12.7. The van der Waals surface area contributed by atoms with Gasteiger partial charge in [0, 0.05) is 22.2 Å². The maximum Gasteiger partial charge on any atom is 0.214 e. The summed E-state index contributed by atoms with van der Waals surface area (Å²) in [4.78, 5) is 3.80. The van der Waals surface area contributed by atoms with Crippen molar-refractivity contribution in [3.63, 3.8) is 0 Å². The zero-order chi connectivity index (χ0) is 7.84. The van der Waals surface area contributed by atoms with Crippen LogP contribution in [-0.4, -0.2) is 4.98 Å². The monoisotopic (exact) mass is 215 g/mol. The zero-order valence-electron chi connectivity index (χ0n) is 5.85. The molecule has 0 bridgehead atoms. The van der Waals surface area contributed by atoms with E-state index in [1.165, 1.54) is 6.07 Å². The third kappa shape index (κ3) is 1.59. The first-order valence-electron chi connectivity index (χ1n) is 3.59. The largest absolute Gasteiger partial charge is 0.224 e. The molecule has 0 aromatic carbocycles. The third-order valence-electron chi connectivity index (χ3n) is 1.77. The first-order chi connectivity index (χ1) is 5.25. The van der Waals surface area contributed by atoms with Gasteiger partial charge in [-0.1, -0.05) is 15.9 Å². The predicted molar refractivity (Wildman–Crippen MR) is 43.9 cm³/mol. The highest BCUT2D eigenvalue weighted by Crippen LogP contribution is 2.39. The van der Waals surface area contributed by atoms with Crippen LogP contribution in [0.15, 0.2) is 16.6 Å². The summed E-state index contributed by atoms with van der Waals surface area (Å²) in [5.41, 5.74) is 0.886. The van der Waals surface area contributed by atoms with Crippen molar-refractivity contribution < 1.29 is 4.39 Å². The Bertz CT molecular complexity index is 263. The standard InChI is InChI=1S/C8H7BrFN/c9-6-3-7(5-1-2-5)11-8(10)4-6/h3-5H,1-2H2. The molecule has 0 saturated heterocycles. The number of nitrogens with zero attached hydrogens (tertiary/aromatic N) is 1. The van der Waals surface area contributed by atoms with Gasteiger partial charge in [-0.05, 0) is 18.9 Å². The van der Waals surface area contributed by atoms with Gasteiger partial charge in [0.1, 0.15) is 0 Å². The van der Waals surface area contributed by atoms with E-state index in [1.807, 2.05) is 6.07 Å². The van der Waals surface area contributed by atoms with Gasteiger partial charge in [0.15, 0.2) is 0 Å². The SMILES string of the molecule is Fc1cc(Br)cc(C2CC2)n1. The van der Waals surface area contributed by atoms with Crippen molar-refractivity contribution in [2.45, 2.75) is 18.8 Å². The summed E-state index contributed by atoms with van der Waals surface area (Å²) in [5.74, 6) is 0.128.